The summed E-state index contributed by atoms with van der Waals surface area (Å²) >= 11 is 0. The number of halogens is 1. The van der Waals surface area contributed by atoms with Gasteiger partial charge in [0.25, 0.3) is 0 Å². The van der Waals surface area contributed by atoms with Crippen LogP contribution in [0.25, 0.3) is 11.0 Å². The maximum absolute atomic E-state index is 11.8. The lowest BCUT2D eigenvalue weighted by atomic mass is 10.2. The van der Waals surface area contributed by atoms with Gasteiger partial charge in [-0.1, -0.05) is 6.07 Å². The number of imidazole rings is 1. The highest BCUT2D eigenvalue weighted by atomic mass is 35.5. The Kier molecular flexibility index (Phi) is 6.40. The molecule has 9 nitrogen and oxygen atoms in total. The van der Waals surface area contributed by atoms with E-state index in [4.69, 9.17) is 5.14 Å². The van der Waals surface area contributed by atoms with Crippen LogP contribution >= 0.6 is 12.4 Å². The summed E-state index contributed by atoms with van der Waals surface area (Å²) in [5.74, 6) is 1.95. The van der Waals surface area contributed by atoms with Crippen molar-refractivity contribution in [1.82, 2.24) is 19.5 Å². The van der Waals surface area contributed by atoms with E-state index in [0.29, 0.717) is 23.0 Å². The van der Waals surface area contributed by atoms with Gasteiger partial charge in [0.15, 0.2) is 0 Å². The van der Waals surface area contributed by atoms with Crippen LogP contribution in [0.2, 0.25) is 0 Å². The Labute approximate surface area is 192 Å². The maximum atomic E-state index is 11.8. The number of hydrogen-bond acceptors (Lipinski definition) is 7. The van der Waals surface area contributed by atoms with Crippen molar-refractivity contribution in [1.29, 1.82) is 0 Å². The first kappa shape index (κ1) is 23.5. The molecular weight excluding hydrogens is 450 g/mol. The summed E-state index contributed by atoms with van der Waals surface area (Å²) in [5, 5.41) is 8.34. The van der Waals surface area contributed by atoms with Gasteiger partial charge in [-0.2, -0.15) is 4.98 Å². The third kappa shape index (κ3) is 4.52. The van der Waals surface area contributed by atoms with Crippen LogP contribution in [-0.4, -0.2) is 35.0 Å². The van der Waals surface area contributed by atoms with Gasteiger partial charge >= 0.3 is 0 Å². The molecule has 2 aromatic carbocycles. The first-order chi connectivity index (χ1) is 14.6. The van der Waals surface area contributed by atoms with Crippen LogP contribution in [0.4, 0.5) is 23.1 Å². The molecule has 0 aliphatic heterocycles. The fourth-order valence-corrected chi connectivity index (χ4v) is 4.17. The highest BCUT2D eigenvalue weighted by molar-refractivity contribution is 7.89. The molecule has 0 amide bonds. The van der Waals surface area contributed by atoms with Gasteiger partial charge in [0.2, 0.25) is 16.0 Å². The SMILES string of the molecule is Cc1ccc(Nc2nccc(N(C)c3ccc4c(c3)nc(C)n4C)n2)cc1S(N)(=O)=O.Cl. The predicted octanol–water partition coefficient (Wildman–Crippen LogP) is 3.56. The van der Waals surface area contributed by atoms with E-state index < -0.39 is 10.0 Å². The van der Waals surface area contributed by atoms with Gasteiger partial charge in [-0.3, -0.25) is 0 Å². The van der Waals surface area contributed by atoms with E-state index in [-0.39, 0.29) is 17.3 Å². The summed E-state index contributed by atoms with van der Waals surface area (Å²) in [6, 6.07) is 12.8. The summed E-state index contributed by atoms with van der Waals surface area (Å²) in [6.07, 6.45) is 1.64. The van der Waals surface area contributed by atoms with Crippen LogP contribution < -0.4 is 15.4 Å². The molecule has 0 spiro atoms. The average Bonchev–Trinajstić information content (AvgIpc) is 3.01. The summed E-state index contributed by atoms with van der Waals surface area (Å²) < 4.78 is 25.6. The number of fused-ring (bicyclic) bond motifs is 1. The molecule has 0 atom stereocenters. The van der Waals surface area contributed by atoms with Crippen molar-refractivity contribution in [3.8, 4) is 0 Å². The summed E-state index contributed by atoms with van der Waals surface area (Å²) in [6.45, 7) is 3.66. The number of aromatic nitrogens is 4. The fourth-order valence-electron chi connectivity index (χ4n) is 3.36. The molecular formula is C21H24ClN7O2S. The Morgan fingerprint density at radius 2 is 1.81 bits per heavy atom. The van der Waals surface area contributed by atoms with Crippen molar-refractivity contribution in [2.45, 2.75) is 18.7 Å². The van der Waals surface area contributed by atoms with Crippen molar-refractivity contribution in [2.75, 3.05) is 17.3 Å². The number of hydrogen-bond donors (Lipinski definition) is 2. The standard InChI is InChI=1S/C21H23N7O2S.ClH/c1-13-5-6-15(11-19(13)31(22,29)30)25-21-23-10-9-20(26-21)28(4)16-7-8-18-17(12-16)24-14(2)27(18)3;/h5-12H,1-4H3,(H2,22,29,30)(H,23,25,26);1H. The molecule has 32 heavy (non-hydrogen) atoms. The van der Waals surface area contributed by atoms with E-state index in [1.54, 1.807) is 31.3 Å². The zero-order valence-corrected chi connectivity index (χ0v) is 19.7. The van der Waals surface area contributed by atoms with Crippen LogP contribution in [0.1, 0.15) is 11.4 Å². The Balaban J connectivity index is 0.00000289. The van der Waals surface area contributed by atoms with Crippen molar-refractivity contribution in [3.63, 3.8) is 0 Å². The normalized spacial score (nSPS) is 11.3. The van der Waals surface area contributed by atoms with Crippen LogP contribution in [0.5, 0.6) is 0 Å². The second-order valence-electron chi connectivity index (χ2n) is 7.34. The van der Waals surface area contributed by atoms with Gasteiger partial charge in [-0.25, -0.2) is 23.5 Å². The van der Waals surface area contributed by atoms with Crippen LogP contribution in [0.3, 0.4) is 0 Å². The van der Waals surface area contributed by atoms with Gasteiger partial charge in [-0.05, 0) is 55.8 Å². The number of nitrogens with zero attached hydrogens (tertiary/aromatic N) is 5. The molecule has 0 fully saturated rings. The lowest BCUT2D eigenvalue weighted by molar-refractivity contribution is 0.597. The molecule has 3 N–H and O–H groups in total. The number of sulfonamides is 1. The molecule has 0 unspecified atom stereocenters. The molecule has 2 heterocycles. The Morgan fingerprint density at radius 3 is 2.53 bits per heavy atom. The second kappa shape index (κ2) is 8.73. The highest BCUT2D eigenvalue weighted by Crippen LogP contribution is 2.27. The first-order valence-corrected chi connectivity index (χ1v) is 11.1. The van der Waals surface area contributed by atoms with Crippen molar-refractivity contribution in [3.05, 3.63) is 60.0 Å². The largest absolute Gasteiger partial charge is 0.331 e. The molecule has 0 aliphatic carbocycles. The van der Waals surface area contributed by atoms with E-state index in [1.807, 2.05) is 48.7 Å². The number of benzene rings is 2. The van der Waals surface area contributed by atoms with Gasteiger partial charge in [0, 0.05) is 31.7 Å². The number of aryl methyl sites for hydroxylation is 3. The predicted molar refractivity (Wildman–Crippen MR) is 129 cm³/mol. The molecule has 0 saturated heterocycles. The van der Waals surface area contributed by atoms with Gasteiger partial charge < -0.3 is 14.8 Å². The van der Waals surface area contributed by atoms with Gasteiger partial charge in [0.1, 0.15) is 11.6 Å². The minimum Gasteiger partial charge on any atom is -0.331 e. The topological polar surface area (TPSA) is 119 Å². The number of nitrogens with one attached hydrogen (secondary N) is 1. The third-order valence-electron chi connectivity index (χ3n) is 5.21. The zero-order valence-electron chi connectivity index (χ0n) is 18.1. The fraction of sp³-hybridized carbons (Fsp3) is 0.190. The second-order valence-corrected chi connectivity index (χ2v) is 8.87. The number of primary sulfonamides is 1. The Bertz CT molecular complexity index is 1400. The molecule has 0 aliphatic rings. The molecule has 0 saturated carbocycles. The van der Waals surface area contributed by atoms with Gasteiger partial charge in [-0.15, -0.1) is 12.4 Å². The van der Waals surface area contributed by atoms with E-state index in [1.165, 1.54) is 6.07 Å². The monoisotopic (exact) mass is 473 g/mol. The van der Waals surface area contributed by atoms with E-state index in [0.717, 1.165) is 22.5 Å². The summed E-state index contributed by atoms with van der Waals surface area (Å²) in [7, 11) is 0.0777. The molecule has 2 aromatic heterocycles. The molecule has 4 rings (SSSR count). The summed E-state index contributed by atoms with van der Waals surface area (Å²) in [5.41, 5.74) is 4.00. The smallest absolute Gasteiger partial charge is 0.238 e. The lowest BCUT2D eigenvalue weighted by Crippen LogP contribution is -2.14. The van der Waals surface area contributed by atoms with Crippen molar-refractivity contribution >= 4 is 56.6 Å². The molecule has 0 bridgehead atoms. The molecule has 4 aromatic rings. The summed E-state index contributed by atoms with van der Waals surface area (Å²) in [4.78, 5) is 15.4. The number of nitrogens with two attached hydrogens (primary N) is 1. The number of rotatable bonds is 5. The number of anilines is 4. The molecule has 0 radical (unpaired) electrons. The lowest BCUT2D eigenvalue weighted by Gasteiger charge is -2.19. The minimum absolute atomic E-state index is 0. The van der Waals surface area contributed by atoms with Crippen molar-refractivity contribution < 1.29 is 8.42 Å². The van der Waals surface area contributed by atoms with Crippen molar-refractivity contribution in [2.24, 2.45) is 12.2 Å². The zero-order chi connectivity index (χ0) is 22.3. The third-order valence-corrected chi connectivity index (χ3v) is 6.26. The molecule has 11 heteroatoms. The Hall–Kier alpha value is -3.21. The highest BCUT2D eigenvalue weighted by Gasteiger charge is 2.14. The van der Waals surface area contributed by atoms with Gasteiger partial charge in [0.05, 0.1) is 15.9 Å². The first-order valence-electron chi connectivity index (χ1n) is 9.54. The maximum Gasteiger partial charge on any atom is 0.238 e. The quantitative estimate of drug-likeness (QED) is 0.454. The Morgan fingerprint density at radius 1 is 1.06 bits per heavy atom. The van der Waals surface area contributed by atoms with E-state index in [9.17, 15) is 8.42 Å². The van der Waals surface area contributed by atoms with Crippen LogP contribution in [0, 0.1) is 13.8 Å². The van der Waals surface area contributed by atoms with E-state index >= 15 is 0 Å². The van der Waals surface area contributed by atoms with Crippen LogP contribution in [-0.2, 0) is 17.1 Å². The average molecular weight is 474 g/mol. The minimum atomic E-state index is -3.82. The molecule has 168 valence electrons. The van der Waals surface area contributed by atoms with Crippen LogP contribution in [0.15, 0.2) is 53.6 Å². The van der Waals surface area contributed by atoms with E-state index in [2.05, 4.69) is 20.3 Å².